The van der Waals surface area contributed by atoms with Gasteiger partial charge in [-0.3, -0.25) is 4.79 Å². The molecule has 0 saturated carbocycles. The Bertz CT molecular complexity index is 862. The molecule has 146 valence electrons. The molecular weight excluding hydrogens is 380 g/mol. The van der Waals surface area contributed by atoms with Crippen LogP contribution in [0.3, 0.4) is 0 Å². The van der Waals surface area contributed by atoms with Gasteiger partial charge in [0.05, 0.1) is 0 Å². The number of anilines is 1. The van der Waals surface area contributed by atoms with Crippen molar-refractivity contribution in [1.29, 1.82) is 0 Å². The Morgan fingerprint density at radius 1 is 1.00 bits per heavy atom. The van der Waals surface area contributed by atoms with E-state index >= 15 is 0 Å². The van der Waals surface area contributed by atoms with Crippen molar-refractivity contribution in [1.82, 2.24) is 9.97 Å². The van der Waals surface area contributed by atoms with Crippen molar-refractivity contribution in [3.63, 3.8) is 0 Å². The summed E-state index contributed by atoms with van der Waals surface area (Å²) in [6, 6.07) is 3.47. The van der Waals surface area contributed by atoms with E-state index in [1.807, 2.05) is 0 Å². The summed E-state index contributed by atoms with van der Waals surface area (Å²) < 4.78 is 78.1. The van der Waals surface area contributed by atoms with E-state index in [4.69, 9.17) is 5.73 Å². The smallest absolute Gasteiger partial charge is 0.433 e. The summed E-state index contributed by atoms with van der Waals surface area (Å²) in [5.74, 6) is -2.86. The van der Waals surface area contributed by atoms with E-state index in [0.29, 0.717) is 5.56 Å². The number of carbonyl (C=O) groups is 1. The second kappa shape index (κ2) is 6.39. The number of hydrogen-bond acceptors (Lipinski definition) is 4. The lowest BCUT2D eigenvalue weighted by atomic mass is 9.80. The Morgan fingerprint density at radius 3 is 1.85 bits per heavy atom. The molecule has 0 aliphatic rings. The minimum Gasteiger partial charge on any atom is -0.480 e. The van der Waals surface area contributed by atoms with Crippen LogP contribution in [0.25, 0.3) is 0 Å². The number of aliphatic carboxylic acids is 1. The van der Waals surface area contributed by atoms with Crippen LogP contribution >= 0.6 is 0 Å². The van der Waals surface area contributed by atoms with Gasteiger partial charge in [0.15, 0.2) is 5.82 Å². The van der Waals surface area contributed by atoms with Gasteiger partial charge in [-0.1, -0.05) is 12.1 Å². The lowest BCUT2D eigenvalue weighted by Gasteiger charge is -2.26. The predicted molar refractivity (Wildman–Crippen MR) is 81.7 cm³/mol. The van der Waals surface area contributed by atoms with E-state index in [9.17, 15) is 36.2 Å². The molecule has 1 aromatic heterocycles. The van der Waals surface area contributed by atoms with Crippen molar-refractivity contribution < 1.29 is 36.2 Å². The minimum atomic E-state index is -5.23. The van der Waals surface area contributed by atoms with E-state index < -0.39 is 40.9 Å². The molecule has 27 heavy (non-hydrogen) atoms. The highest BCUT2D eigenvalue weighted by Gasteiger charge is 2.46. The first kappa shape index (κ1) is 20.5. The maximum atomic E-state index is 13.0. The number of hydrogen-bond donors (Lipinski definition) is 2. The summed E-state index contributed by atoms with van der Waals surface area (Å²) in [5, 5.41) is 9.61. The lowest BCUT2D eigenvalue weighted by Crippen LogP contribution is -2.37. The van der Waals surface area contributed by atoms with Crippen molar-refractivity contribution in [2.24, 2.45) is 0 Å². The molecule has 2 aromatic rings. The second-order valence-corrected chi connectivity index (χ2v) is 5.96. The van der Waals surface area contributed by atoms with Gasteiger partial charge in [-0.25, -0.2) is 9.97 Å². The Morgan fingerprint density at radius 2 is 1.48 bits per heavy atom. The predicted octanol–water partition coefficient (Wildman–Crippen LogP) is 3.80. The highest BCUT2D eigenvalue weighted by atomic mass is 19.4. The van der Waals surface area contributed by atoms with Crippen LogP contribution in [-0.2, 0) is 22.6 Å². The van der Waals surface area contributed by atoms with Crippen LogP contribution in [0.2, 0.25) is 0 Å². The third-order valence-electron chi connectivity index (χ3n) is 4.03. The second-order valence-electron chi connectivity index (χ2n) is 5.96. The molecule has 0 aliphatic heterocycles. The Labute approximate surface area is 148 Å². The SMILES string of the molecule is Cc1cc(C(C)(C(=O)O)c2nc(C(F)(F)F)cc(C(F)(F)F)n2)ccc1N. The van der Waals surface area contributed by atoms with Crippen molar-refractivity contribution in [3.8, 4) is 0 Å². The van der Waals surface area contributed by atoms with Crippen LogP contribution in [0, 0.1) is 6.92 Å². The fourth-order valence-electron chi connectivity index (χ4n) is 2.30. The Hall–Kier alpha value is -2.85. The van der Waals surface area contributed by atoms with Crippen LogP contribution < -0.4 is 5.73 Å². The maximum absolute atomic E-state index is 13.0. The molecule has 0 saturated heterocycles. The number of nitrogens with zero attached hydrogens (tertiary/aromatic N) is 2. The van der Waals surface area contributed by atoms with Crippen LogP contribution in [0.4, 0.5) is 32.0 Å². The average Bonchev–Trinajstić information content (AvgIpc) is 2.54. The zero-order chi connectivity index (χ0) is 20.8. The number of carboxylic acids is 1. The van der Waals surface area contributed by atoms with Crippen molar-refractivity contribution in [2.75, 3.05) is 5.73 Å². The maximum Gasteiger partial charge on any atom is 0.433 e. The van der Waals surface area contributed by atoms with Crippen molar-refractivity contribution in [2.45, 2.75) is 31.6 Å². The molecule has 0 fully saturated rings. The first-order valence-electron chi connectivity index (χ1n) is 7.31. The Kier molecular flexibility index (Phi) is 4.84. The molecule has 0 spiro atoms. The van der Waals surface area contributed by atoms with E-state index in [-0.39, 0.29) is 17.3 Å². The third kappa shape index (κ3) is 3.81. The summed E-state index contributed by atoms with van der Waals surface area (Å²) >= 11 is 0. The van der Waals surface area contributed by atoms with Crippen molar-refractivity contribution in [3.05, 3.63) is 52.6 Å². The molecular formula is C16H13F6N3O2. The quantitative estimate of drug-likeness (QED) is 0.612. The van der Waals surface area contributed by atoms with Crippen LogP contribution in [0.5, 0.6) is 0 Å². The summed E-state index contributed by atoms with van der Waals surface area (Å²) in [6.07, 6.45) is -10.5. The van der Waals surface area contributed by atoms with Crippen LogP contribution in [0.15, 0.2) is 24.3 Å². The topological polar surface area (TPSA) is 89.1 Å². The molecule has 0 radical (unpaired) electrons. The van der Waals surface area contributed by atoms with Crippen molar-refractivity contribution >= 4 is 11.7 Å². The van der Waals surface area contributed by atoms with Gasteiger partial charge in [0.25, 0.3) is 0 Å². The van der Waals surface area contributed by atoms with Gasteiger partial charge in [0.1, 0.15) is 16.8 Å². The monoisotopic (exact) mass is 393 g/mol. The van der Waals surface area contributed by atoms with Gasteiger partial charge in [0.2, 0.25) is 0 Å². The number of carboxylic acid groups (broad SMARTS) is 1. The number of nitrogens with two attached hydrogens (primary N) is 1. The zero-order valence-electron chi connectivity index (χ0n) is 13.9. The van der Waals surface area contributed by atoms with Gasteiger partial charge in [0, 0.05) is 5.69 Å². The zero-order valence-corrected chi connectivity index (χ0v) is 13.9. The number of aromatic nitrogens is 2. The van der Waals surface area contributed by atoms with Gasteiger partial charge in [-0.15, -0.1) is 0 Å². The van der Waals surface area contributed by atoms with Gasteiger partial charge >= 0.3 is 18.3 Å². The van der Waals surface area contributed by atoms with Gasteiger partial charge in [-0.05, 0) is 37.1 Å². The van der Waals surface area contributed by atoms with Crippen LogP contribution in [0.1, 0.15) is 35.3 Å². The molecule has 0 bridgehead atoms. The molecule has 1 heterocycles. The summed E-state index contributed by atoms with van der Waals surface area (Å²) in [6.45, 7) is 2.44. The van der Waals surface area contributed by atoms with E-state index in [0.717, 1.165) is 6.92 Å². The van der Waals surface area contributed by atoms with E-state index in [2.05, 4.69) is 9.97 Å². The molecule has 0 amide bonds. The first-order chi connectivity index (χ1) is 12.2. The average molecular weight is 393 g/mol. The molecule has 1 unspecified atom stereocenters. The number of halogens is 6. The Balaban J connectivity index is 2.84. The van der Waals surface area contributed by atoms with Crippen LogP contribution in [-0.4, -0.2) is 21.0 Å². The normalized spacial score (nSPS) is 14.7. The van der Waals surface area contributed by atoms with E-state index in [1.54, 1.807) is 0 Å². The number of rotatable bonds is 3. The molecule has 1 atom stereocenters. The summed E-state index contributed by atoms with van der Waals surface area (Å²) in [4.78, 5) is 18.1. The number of aryl methyl sites for hydroxylation is 1. The minimum absolute atomic E-state index is 0.117. The number of benzene rings is 1. The first-order valence-corrected chi connectivity index (χ1v) is 7.31. The highest BCUT2D eigenvalue weighted by Crippen LogP contribution is 2.38. The lowest BCUT2D eigenvalue weighted by molar-refractivity contribution is -0.150. The molecule has 11 heteroatoms. The highest BCUT2D eigenvalue weighted by molar-refractivity contribution is 5.84. The summed E-state index contributed by atoms with van der Waals surface area (Å²) in [7, 11) is 0. The molecule has 2 rings (SSSR count). The fraction of sp³-hybridized carbons (Fsp3) is 0.312. The van der Waals surface area contributed by atoms with E-state index in [1.165, 1.54) is 25.1 Å². The third-order valence-corrected chi connectivity index (χ3v) is 4.03. The number of nitrogen functional groups attached to an aromatic ring is 1. The largest absolute Gasteiger partial charge is 0.480 e. The molecule has 3 N–H and O–H groups in total. The molecule has 0 aliphatic carbocycles. The van der Waals surface area contributed by atoms with Gasteiger partial charge < -0.3 is 10.8 Å². The summed E-state index contributed by atoms with van der Waals surface area (Å²) in [5.41, 5.74) is 0.0248. The molecule has 5 nitrogen and oxygen atoms in total. The standard InChI is InChI=1S/C16H13F6N3O2/c1-7-5-8(3-4-9(7)23)14(2,13(26)27)12-24-10(15(17,18)19)6-11(25-12)16(20,21)22/h3-6H,23H2,1-2H3,(H,26,27). The fourth-order valence-corrected chi connectivity index (χ4v) is 2.30. The van der Waals surface area contributed by atoms with Gasteiger partial charge in [-0.2, -0.15) is 26.3 Å². The number of alkyl halides is 6. The molecule has 1 aromatic carbocycles.